The molecular formula is C18H23N5O2. The zero-order valence-electron chi connectivity index (χ0n) is 14.5. The second kappa shape index (κ2) is 8.02. The highest BCUT2D eigenvalue weighted by Crippen LogP contribution is 2.14. The fourth-order valence-corrected chi connectivity index (χ4v) is 2.91. The van der Waals surface area contributed by atoms with E-state index in [1.54, 1.807) is 18.6 Å². The largest absolute Gasteiger partial charge is 0.379 e. The lowest BCUT2D eigenvalue weighted by Gasteiger charge is -2.33. The maximum atomic E-state index is 12.5. The Morgan fingerprint density at radius 2 is 2.16 bits per heavy atom. The molecule has 132 valence electrons. The van der Waals surface area contributed by atoms with E-state index in [1.165, 1.54) is 0 Å². The number of ether oxygens (including phenoxy) is 1. The third-order valence-corrected chi connectivity index (χ3v) is 4.30. The number of carbonyl (C=O) groups excluding carboxylic acids is 1. The number of rotatable bonds is 5. The molecule has 1 saturated heterocycles. The van der Waals surface area contributed by atoms with Crippen molar-refractivity contribution in [2.24, 2.45) is 0 Å². The van der Waals surface area contributed by atoms with Crippen molar-refractivity contribution in [1.82, 2.24) is 20.3 Å². The van der Waals surface area contributed by atoms with Crippen molar-refractivity contribution < 1.29 is 9.53 Å². The molecule has 0 unspecified atom stereocenters. The van der Waals surface area contributed by atoms with Crippen molar-refractivity contribution in [2.75, 3.05) is 18.5 Å². The predicted molar refractivity (Wildman–Crippen MR) is 94.2 cm³/mol. The van der Waals surface area contributed by atoms with Gasteiger partial charge in [0.2, 0.25) is 5.91 Å². The Hall–Kier alpha value is -2.54. The van der Waals surface area contributed by atoms with Crippen LogP contribution in [-0.4, -0.2) is 46.2 Å². The molecule has 0 saturated carbocycles. The van der Waals surface area contributed by atoms with Gasteiger partial charge >= 0.3 is 0 Å². The van der Waals surface area contributed by atoms with Gasteiger partial charge in [0, 0.05) is 25.2 Å². The van der Waals surface area contributed by atoms with Crippen LogP contribution in [0.4, 0.5) is 5.82 Å². The zero-order chi connectivity index (χ0) is 17.6. The van der Waals surface area contributed by atoms with E-state index in [0.29, 0.717) is 25.5 Å². The molecule has 7 heteroatoms. The number of amides is 1. The van der Waals surface area contributed by atoms with Gasteiger partial charge in [-0.05, 0) is 43.5 Å². The summed E-state index contributed by atoms with van der Waals surface area (Å²) in [6.45, 7) is 4.98. The highest BCUT2D eigenvalue weighted by atomic mass is 16.5. The Morgan fingerprint density at radius 3 is 2.96 bits per heavy atom. The molecule has 3 rings (SSSR count). The van der Waals surface area contributed by atoms with Crippen LogP contribution >= 0.6 is 0 Å². The van der Waals surface area contributed by atoms with Crippen molar-refractivity contribution >= 4 is 11.7 Å². The maximum Gasteiger partial charge on any atom is 0.224 e. The van der Waals surface area contributed by atoms with Crippen LogP contribution < -0.4 is 10.6 Å². The Morgan fingerprint density at radius 1 is 1.28 bits per heavy atom. The molecule has 2 N–H and O–H groups in total. The lowest BCUT2D eigenvalue weighted by atomic mass is 10.0. The van der Waals surface area contributed by atoms with Crippen LogP contribution in [0.3, 0.4) is 0 Å². The lowest BCUT2D eigenvalue weighted by Crippen LogP contribution is -2.52. The van der Waals surface area contributed by atoms with E-state index in [-0.39, 0.29) is 18.0 Å². The van der Waals surface area contributed by atoms with Crippen molar-refractivity contribution in [3.63, 3.8) is 0 Å². The van der Waals surface area contributed by atoms with Gasteiger partial charge in [0.15, 0.2) is 0 Å². The summed E-state index contributed by atoms with van der Waals surface area (Å²) in [7, 11) is 0. The second-order valence-corrected chi connectivity index (χ2v) is 6.26. The first-order valence-corrected chi connectivity index (χ1v) is 8.44. The van der Waals surface area contributed by atoms with Gasteiger partial charge in [-0.15, -0.1) is 0 Å². The first kappa shape index (κ1) is 17.3. The van der Waals surface area contributed by atoms with Gasteiger partial charge in [0.25, 0.3) is 0 Å². The number of nitrogens with one attached hydrogen (secondary N) is 2. The van der Waals surface area contributed by atoms with Crippen LogP contribution in [0.5, 0.6) is 0 Å². The number of anilines is 1. The van der Waals surface area contributed by atoms with Crippen molar-refractivity contribution in [2.45, 2.75) is 38.8 Å². The van der Waals surface area contributed by atoms with Crippen molar-refractivity contribution in [1.29, 1.82) is 0 Å². The monoisotopic (exact) mass is 341 g/mol. The Bertz CT molecular complexity index is 737. The van der Waals surface area contributed by atoms with E-state index < -0.39 is 0 Å². The summed E-state index contributed by atoms with van der Waals surface area (Å²) in [6, 6.07) is 3.68. The molecule has 1 fully saturated rings. The fourth-order valence-electron chi connectivity index (χ4n) is 2.91. The third-order valence-electron chi connectivity index (χ3n) is 4.30. The normalized spacial score (nSPS) is 20.1. The molecule has 1 aliphatic heterocycles. The smallest absolute Gasteiger partial charge is 0.224 e. The number of pyridine rings is 1. The Kier molecular flexibility index (Phi) is 5.55. The summed E-state index contributed by atoms with van der Waals surface area (Å²) < 4.78 is 5.57. The Balaban J connectivity index is 1.62. The van der Waals surface area contributed by atoms with Gasteiger partial charge in [-0.2, -0.15) is 0 Å². The van der Waals surface area contributed by atoms with Crippen LogP contribution in [0.2, 0.25) is 0 Å². The highest BCUT2D eigenvalue weighted by molar-refractivity contribution is 5.79. The maximum absolute atomic E-state index is 12.5. The van der Waals surface area contributed by atoms with E-state index >= 15 is 0 Å². The minimum absolute atomic E-state index is 0.00124. The summed E-state index contributed by atoms with van der Waals surface area (Å²) in [4.78, 5) is 25.0. The molecule has 3 heterocycles. The molecule has 0 radical (unpaired) electrons. The Labute approximate surface area is 147 Å². The van der Waals surface area contributed by atoms with Gasteiger partial charge in [0.05, 0.1) is 25.1 Å². The number of nitrogens with zero attached hydrogens (tertiary/aromatic N) is 3. The summed E-state index contributed by atoms with van der Waals surface area (Å²) >= 11 is 0. The molecule has 0 aliphatic carbocycles. The van der Waals surface area contributed by atoms with Crippen molar-refractivity contribution in [3.8, 4) is 0 Å². The highest BCUT2D eigenvalue weighted by Gasteiger charge is 2.27. The number of hydrogen-bond donors (Lipinski definition) is 2. The first-order chi connectivity index (χ1) is 12.1. The summed E-state index contributed by atoms with van der Waals surface area (Å²) in [6.07, 6.45) is 6.33. The van der Waals surface area contributed by atoms with Crippen molar-refractivity contribution in [3.05, 3.63) is 47.7 Å². The number of hydrogen-bond acceptors (Lipinski definition) is 6. The van der Waals surface area contributed by atoms with Gasteiger partial charge in [-0.25, -0.2) is 9.97 Å². The number of aryl methyl sites for hydroxylation is 2. The molecule has 0 aromatic carbocycles. The summed E-state index contributed by atoms with van der Waals surface area (Å²) in [5, 5.41) is 6.49. The van der Waals surface area contributed by atoms with Gasteiger partial charge in [-0.3, -0.25) is 9.78 Å². The van der Waals surface area contributed by atoms with E-state index in [9.17, 15) is 4.79 Å². The molecule has 0 spiro atoms. The molecule has 1 aliphatic rings. The number of aromatic nitrogens is 3. The molecule has 2 aromatic rings. The second-order valence-electron chi connectivity index (χ2n) is 6.26. The predicted octanol–water partition coefficient (Wildman–Crippen LogP) is 1.42. The minimum Gasteiger partial charge on any atom is -0.379 e. The molecule has 2 aromatic heterocycles. The van der Waals surface area contributed by atoms with Crippen LogP contribution in [-0.2, 0) is 16.0 Å². The van der Waals surface area contributed by atoms with Gasteiger partial charge < -0.3 is 15.4 Å². The SMILES string of the molecule is Cc1nccc(N[C@@H]2COCC[C@@H]2NC(=O)Cc2ccncc2C)n1. The average molecular weight is 341 g/mol. The minimum atomic E-state index is -0.0227. The van der Waals surface area contributed by atoms with Crippen LogP contribution in [0.25, 0.3) is 0 Å². The van der Waals surface area contributed by atoms with Crippen LogP contribution in [0, 0.1) is 13.8 Å². The van der Waals surface area contributed by atoms with E-state index in [0.717, 1.165) is 23.4 Å². The van der Waals surface area contributed by atoms with Crippen LogP contribution in [0.15, 0.2) is 30.7 Å². The molecule has 1 amide bonds. The number of carbonyl (C=O) groups is 1. The molecular weight excluding hydrogens is 318 g/mol. The lowest BCUT2D eigenvalue weighted by molar-refractivity contribution is -0.121. The van der Waals surface area contributed by atoms with Gasteiger partial charge in [0.1, 0.15) is 11.6 Å². The van der Waals surface area contributed by atoms with E-state index in [4.69, 9.17) is 4.74 Å². The third kappa shape index (κ3) is 4.73. The molecule has 0 bridgehead atoms. The molecule has 2 atom stereocenters. The standard InChI is InChI=1S/C18H23N5O2/c1-12-10-19-6-3-14(12)9-18(24)23-15-5-8-25-11-16(15)22-17-4-7-20-13(2)21-17/h3-4,6-7,10,15-16H,5,8-9,11H2,1-2H3,(H,23,24)(H,20,21,22)/t15-,16+/m0/s1. The molecule has 7 nitrogen and oxygen atoms in total. The molecule has 25 heavy (non-hydrogen) atoms. The van der Waals surface area contributed by atoms with Crippen LogP contribution in [0.1, 0.15) is 23.4 Å². The fraction of sp³-hybridized carbons (Fsp3) is 0.444. The quantitative estimate of drug-likeness (QED) is 0.855. The average Bonchev–Trinajstić information content (AvgIpc) is 2.59. The van der Waals surface area contributed by atoms with Gasteiger partial charge in [-0.1, -0.05) is 0 Å². The topological polar surface area (TPSA) is 89.0 Å². The van der Waals surface area contributed by atoms with E-state index in [1.807, 2.05) is 26.0 Å². The first-order valence-electron chi connectivity index (χ1n) is 8.44. The summed E-state index contributed by atoms with van der Waals surface area (Å²) in [5.74, 6) is 1.45. The zero-order valence-corrected chi connectivity index (χ0v) is 14.5. The van der Waals surface area contributed by atoms with E-state index in [2.05, 4.69) is 25.6 Å². The summed E-state index contributed by atoms with van der Waals surface area (Å²) in [5.41, 5.74) is 2.02.